The Balaban J connectivity index is 2.08. The number of esters is 1. The molecule has 0 radical (unpaired) electrons. The molecule has 8 nitrogen and oxygen atoms in total. The summed E-state index contributed by atoms with van der Waals surface area (Å²) in [4.78, 5) is 42.4. The van der Waals surface area contributed by atoms with E-state index in [1.807, 2.05) is 0 Å². The van der Waals surface area contributed by atoms with E-state index in [1.165, 1.54) is 6.92 Å². The predicted molar refractivity (Wildman–Crippen MR) is 109 cm³/mol. The summed E-state index contributed by atoms with van der Waals surface area (Å²) in [6.45, 7) is 3.39. The Hall–Kier alpha value is -3.15. The molecule has 33 heavy (non-hydrogen) atoms. The number of ether oxygens (including phenoxy) is 1. The van der Waals surface area contributed by atoms with Gasteiger partial charge in [-0.25, -0.2) is 18.5 Å². The van der Waals surface area contributed by atoms with Crippen LogP contribution in [-0.2, 0) is 27.6 Å². The van der Waals surface area contributed by atoms with Crippen molar-refractivity contribution in [2.75, 3.05) is 6.61 Å². The van der Waals surface area contributed by atoms with Gasteiger partial charge in [0.05, 0.1) is 23.0 Å². The molecule has 1 atom stereocenters. The molecule has 0 bridgehead atoms. The monoisotopic (exact) mass is 491 g/mol. The molecule has 0 unspecified atom stereocenters. The van der Waals surface area contributed by atoms with Gasteiger partial charge < -0.3 is 9.57 Å². The first-order valence-electron chi connectivity index (χ1n) is 9.62. The highest BCUT2D eigenvalue weighted by Crippen LogP contribution is 2.32. The molecule has 0 amide bonds. The average Bonchev–Trinajstić information content (AvgIpc) is 3.12. The van der Waals surface area contributed by atoms with Crippen LogP contribution in [0, 0.1) is 5.82 Å². The van der Waals surface area contributed by atoms with Gasteiger partial charge in [-0.15, -0.1) is 0 Å². The molecule has 1 aliphatic heterocycles. The maximum atomic E-state index is 14.7. The largest absolute Gasteiger partial charge is 0.463 e. The van der Waals surface area contributed by atoms with Crippen LogP contribution in [-0.4, -0.2) is 33.0 Å². The van der Waals surface area contributed by atoms with Gasteiger partial charge in [0.1, 0.15) is 11.5 Å². The SMILES string of the molecule is CCCOC(=O)[C@@]1(C)CC(c2cc(-n3c(=O)cc(C(F)(F)F)n(C)c3=O)c(F)cc2Cl)=NO1. The number of aromatic nitrogens is 2. The normalized spacial score (nSPS) is 18.1. The molecule has 2 heterocycles. The molecule has 178 valence electrons. The number of hydrogen-bond acceptors (Lipinski definition) is 6. The summed E-state index contributed by atoms with van der Waals surface area (Å²) in [5, 5.41) is 3.63. The number of hydrogen-bond donors (Lipinski definition) is 0. The summed E-state index contributed by atoms with van der Waals surface area (Å²) >= 11 is 6.11. The second-order valence-corrected chi connectivity index (χ2v) is 7.91. The first-order valence-corrected chi connectivity index (χ1v) is 10.00. The summed E-state index contributed by atoms with van der Waals surface area (Å²) in [6, 6.07) is 1.95. The molecule has 0 saturated heterocycles. The Morgan fingerprint density at radius 2 is 1.97 bits per heavy atom. The van der Waals surface area contributed by atoms with E-state index in [4.69, 9.17) is 21.2 Å². The van der Waals surface area contributed by atoms with Crippen LogP contribution in [0.3, 0.4) is 0 Å². The van der Waals surface area contributed by atoms with Gasteiger partial charge in [0, 0.05) is 25.1 Å². The fraction of sp³-hybridized carbons (Fsp3) is 0.400. The second-order valence-electron chi connectivity index (χ2n) is 7.50. The molecule has 0 N–H and O–H groups in total. The minimum Gasteiger partial charge on any atom is -0.463 e. The Bertz CT molecular complexity index is 1270. The first kappa shape index (κ1) is 24.5. The van der Waals surface area contributed by atoms with Crippen molar-refractivity contribution >= 4 is 23.3 Å². The first-order chi connectivity index (χ1) is 15.3. The van der Waals surface area contributed by atoms with Gasteiger partial charge in [-0.2, -0.15) is 13.2 Å². The molecular formula is C20H18ClF4N3O5. The molecule has 0 aliphatic carbocycles. The standard InChI is InChI=1S/C20H18ClF4N3O5/c1-4-5-32-17(30)19(2)9-13(26-33-19)10-6-14(12(22)7-11(10)21)28-16(29)8-15(20(23,24)25)27(3)18(28)31/h6-8H,4-5,9H2,1-3H3/t19-/m1/s1. The van der Waals surface area contributed by atoms with Gasteiger partial charge in [-0.05, 0) is 25.5 Å². The minimum atomic E-state index is -4.97. The van der Waals surface area contributed by atoms with Crippen LogP contribution in [0.4, 0.5) is 17.6 Å². The molecule has 1 aliphatic rings. The van der Waals surface area contributed by atoms with Crippen LogP contribution in [0.5, 0.6) is 0 Å². The number of carbonyl (C=O) groups excluding carboxylic acids is 1. The van der Waals surface area contributed by atoms with Gasteiger partial charge in [0.15, 0.2) is 0 Å². The molecule has 0 saturated carbocycles. The number of oxime groups is 1. The second kappa shape index (κ2) is 8.65. The summed E-state index contributed by atoms with van der Waals surface area (Å²) in [7, 11) is 0.804. The van der Waals surface area contributed by atoms with E-state index < -0.39 is 46.2 Å². The Morgan fingerprint density at radius 1 is 1.30 bits per heavy atom. The summed E-state index contributed by atoms with van der Waals surface area (Å²) in [5.74, 6) is -1.82. The molecule has 2 aromatic rings. The highest BCUT2D eigenvalue weighted by atomic mass is 35.5. The quantitative estimate of drug-likeness (QED) is 0.473. The zero-order chi connectivity index (χ0) is 24.7. The van der Waals surface area contributed by atoms with Crippen LogP contribution in [0.15, 0.2) is 32.9 Å². The summed E-state index contributed by atoms with van der Waals surface area (Å²) in [5.41, 5.74) is -6.31. The number of halogens is 5. The maximum Gasteiger partial charge on any atom is 0.431 e. The van der Waals surface area contributed by atoms with Crippen molar-refractivity contribution in [3.8, 4) is 5.69 Å². The van der Waals surface area contributed by atoms with Crippen molar-refractivity contribution in [2.24, 2.45) is 12.2 Å². The molecule has 0 fully saturated rings. The van der Waals surface area contributed by atoms with E-state index in [0.29, 0.717) is 6.42 Å². The molecular weight excluding hydrogens is 474 g/mol. The topological polar surface area (TPSA) is 91.9 Å². The zero-order valence-electron chi connectivity index (χ0n) is 17.6. The van der Waals surface area contributed by atoms with Gasteiger partial charge in [-0.1, -0.05) is 23.7 Å². The van der Waals surface area contributed by atoms with Crippen molar-refractivity contribution in [3.63, 3.8) is 0 Å². The average molecular weight is 492 g/mol. The Labute approximate surface area is 189 Å². The van der Waals surface area contributed by atoms with Crippen molar-refractivity contribution in [2.45, 2.75) is 38.5 Å². The number of benzene rings is 1. The van der Waals surface area contributed by atoms with Crippen LogP contribution < -0.4 is 11.2 Å². The molecule has 3 rings (SSSR count). The van der Waals surface area contributed by atoms with E-state index in [9.17, 15) is 31.9 Å². The third-order valence-corrected chi connectivity index (χ3v) is 5.24. The van der Waals surface area contributed by atoms with Gasteiger partial charge in [0.25, 0.3) is 5.56 Å². The van der Waals surface area contributed by atoms with Crippen molar-refractivity contribution in [1.29, 1.82) is 0 Å². The van der Waals surface area contributed by atoms with Crippen molar-refractivity contribution in [1.82, 2.24) is 9.13 Å². The van der Waals surface area contributed by atoms with E-state index in [0.717, 1.165) is 19.2 Å². The minimum absolute atomic E-state index is 0.0222. The van der Waals surface area contributed by atoms with Crippen LogP contribution in [0.25, 0.3) is 5.69 Å². The van der Waals surface area contributed by atoms with E-state index >= 15 is 0 Å². The zero-order valence-corrected chi connectivity index (χ0v) is 18.4. The molecule has 1 aromatic heterocycles. The molecule has 1 aromatic carbocycles. The lowest BCUT2D eigenvalue weighted by Gasteiger charge is -2.19. The maximum absolute atomic E-state index is 14.7. The highest BCUT2D eigenvalue weighted by Gasteiger charge is 2.44. The third-order valence-electron chi connectivity index (χ3n) is 4.93. The molecule has 0 spiro atoms. The number of alkyl halides is 3. The van der Waals surface area contributed by atoms with Crippen LogP contribution in [0.2, 0.25) is 5.02 Å². The molecule has 13 heteroatoms. The van der Waals surface area contributed by atoms with Gasteiger partial charge >= 0.3 is 17.8 Å². The Kier molecular flexibility index (Phi) is 6.42. The smallest absolute Gasteiger partial charge is 0.431 e. The van der Waals surface area contributed by atoms with E-state index in [2.05, 4.69) is 5.16 Å². The van der Waals surface area contributed by atoms with Crippen molar-refractivity contribution < 1.29 is 31.9 Å². The number of nitrogens with zero attached hydrogens (tertiary/aromatic N) is 3. The summed E-state index contributed by atoms with van der Waals surface area (Å²) in [6.07, 6.45) is -4.51. The van der Waals surface area contributed by atoms with E-state index in [-0.39, 0.29) is 44.5 Å². The number of carbonyl (C=O) groups is 1. The lowest BCUT2D eigenvalue weighted by molar-refractivity contribution is -0.167. The lowest BCUT2D eigenvalue weighted by Crippen LogP contribution is -2.41. The van der Waals surface area contributed by atoms with Crippen LogP contribution in [0.1, 0.15) is 37.9 Å². The highest BCUT2D eigenvalue weighted by molar-refractivity contribution is 6.34. The summed E-state index contributed by atoms with van der Waals surface area (Å²) < 4.78 is 59.5. The fourth-order valence-electron chi connectivity index (χ4n) is 3.19. The van der Waals surface area contributed by atoms with Crippen molar-refractivity contribution in [3.05, 3.63) is 61.1 Å². The fourth-order valence-corrected chi connectivity index (χ4v) is 3.45. The van der Waals surface area contributed by atoms with Crippen LogP contribution >= 0.6 is 11.6 Å². The Morgan fingerprint density at radius 3 is 2.58 bits per heavy atom. The lowest BCUT2D eigenvalue weighted by atomic mass is 9.95. The number of rotatable bonds is 5. The third kappa shape index (κ3) is 4.52. The van der Waals surface area contributed by atoms with Gasteiger partial charge in [-0.3, -0.25) is 9.36 Å². The van der Waals surface area contributed by atoms with Gasteiger partial charge in [0.2, 0.25) is 5.60 Å². The predicted octanol–water partition coefficient (Wildman–Crippen LogP) is 3.18. The van der Waals surface area contributed by atoms with E-state index in [1.54, 1.807) is 6.92 Å².